The number of hydrogen-bond acceptors (Lipinski definition) is 2. The van der Waals surface area contributed by atoms with Crippen molar-refractivity contribution in [2.45, 2.75) is 90.4 Å². The van der Waals surface area contributed by atoms with Crippen LogP contribution in [-0.2, 0) is 30.7 Å². The molecule has 1 aliphatic carbocycles. The van der Waals surface area contributed by atoms with Gasteiger partial charge in [0.25, 0.3) is 0 Å². The number of hydrogen-bond donors (Lipinski definition) is 0. The van der Waals surface area contributed by atoms with Crippen molar-refractivity contribution < 1.29 is 30.7 Å². The van der Waals surface area contributed by atoms with Crippen LogP contribution >= 0.6 is 0 Å². The molecule has 0 bridgehead atoms. The van der Waals surface area contributed by atoms with E-state index in [-0.39, 0.29) is 35.9 Å². The first-order valence-corrected chi connectivity index (χ1v) is 10.3. The number of rotatable bonds is 1. The van der Waals surface area contributed by atoms with Crippen molar-refractivity contribution in [3.8, 4) is 0 Å². The monoisotopic (exact) mass is 414 g/mol. The van der Waals surface area contributed by atoms with Crippen molar-refractivity contribution in [1.82, 2.24) is 0 Å². The molecule has 0 radical (unpaired) electrons. The minimum absolute atomic E-state index is 0. The normalized spacial score (nSPS) is 13.0. The van der Waals surface area contributed by atoms with Gasteiger partial charge in [-0.25, -0.2) is 0 Å². The van der Waals surface area contributed by atoms with Gasteiger partial charge in [0.2, 0.25) is 0 Å². The maximum absolute atomic E-state index is 7.75. The molecule has 4 heteroatoms. The zero-order valence-corrected chi connectivity index (χ0v) is 19.5. The Kier molecular flexibility index (Phi) is 36.7. The predicted molar refractivity (Wildman–Crippen MR) is 102 cm³/mol. The molecule has 0 heterocycles. The third-order valence-electron chi connectivity index (χ3n) is 4.31. The fraction of sp³-hybridized carbons (Fsp3) is 0.778. The zero-order chi connectivity index (χ0) is 16.1. The second kappa shape index (κ2) is 21.2. The fourth-order valence-electron chi connectivity index (χ4n) is 2.26. The standard InChI is InChI=1S/C11H24Si.C3H8.2CHO.2CH3.Mo/c1-11(2,3)12(4,5)10-8-6-7-9-10;1-3-2;2*1-2;;;/h10H,6-9H2,1-5H3;3H2,1-2H3;2*1H;2*1H3;/q;;4*-1;+4. The van der Waals surface area contributed by atoms with E-state index in [1.54, 1.807) is 0 Å². The van der Waals surface area contributed by atoms with Gasteiger partial charge in [-0.2, -0.15) is 0 Å². The Morgan fingerprint density at radius 3 is 1.32 bits per heavy atom. The minimum atomic E-state index is -0.972. The smallest absolute Gasteiger partial charge is 0.545 e. The van der Waals surface area contributed by atoms with E-state index in [0.29, 0.717) is 5.04 Å². The van der Waals surface area contributed by atoms with Crippen LogP contribution in [0.2, 0.25) is 23.7 Å². The molecule has 0 N–H and O–H groups in total. The van der Waals surface area contributed by atoms with E-state index in [4.69, 9.17) is 9.59 Å². The van der Waals surface area contributed by atoms with Crippen molar-refractivity contribution in [2.75, 3.05) is 0 Å². The zero-order valence-electron chi connectivity index (χ0n) is 16.5. The molecular formula is C18H40MoO2Si. The molecular weight excluding hydrogens is 372 g/mol. The van der Waals surface area contributed by atoms with Gasteiger partial charge in [-0.3, -0.25) is 13.6 Å². The molecule has 0 atom stereocenters. The van der Waals surface area contributed by atoms with Crippen LogP contribution in [0.5, 0.6) is 0 Å². The molecule has 0 saturated heterocycles. The van der Waals surface area contributed by atoms with E-state index in [2.05, 4.69) is 61.3 Å². The van der Waals surface area contributed by atoms with Gasteiger partial charge in [0.1, 0.15) is 0 Å². The molecule has 1 fully saturated rings. The molecule has 22 heavy (non-hydrogen) atoms. The SMILES string of the molecule is CC(C)(C)[Si](C)(C)C1CCCC1.CCC.[CH-]=O.[CH-]=O.[CH3-].[CH3-].[Mo+4]. The first-order chi connectivity index (χ1) is 8.77. The molecule has 0 aliphatic heterocycles. The maximum Gasteiger partial charge on any atom is 4.00 e. The molecule has 0 spiro atoms. The Hall–Kier alpha value is 0.245. The first-order valence-electron chi connectivity index (χ1n) is 7.24. The summed E-state index contributed by atoms with van der Waals surface area (Å²) in [5, 5.41) is 0.599. The van der Waals surface area contributed by atoms with Crippen molar-refractivity contribution in [1.29, 1.82) is 0 Å². The van der Waals surface area contributed by atoms with Crippen LogP contribution in [0.15, 0.2) is 0 Å². The molecule has 1 aliphatic rings. The quantitative estimate of drug-likeness (QED) is 0.292. The van der Waals surface area contributed by atoms with Crippen LogP contribution < -0.4 is 0 Å². The topological polar surface area (TPSA) is 34.1 Å². The molecule has 0 unspecified atom stereocenters. The summed E-state index contributed by atoms with van der Waals surface area (Å²) in [6, 6.07) is 0. The van der Waals surface area contributed by atoms with Gasteiger partial charge in [-0.05, 0) is 10.6 Å². The fourth-order valence-corrected chi connectivity index (χ4v) is 5.34. The molecule has 0 aromatic heterocycles. The summed E-state index contributed by atoms with van der Waals surface area (Å²) in [6.45, 7) is 23.2. The predicted octanol–water partition coefficient (Wildman–Crippen LogP) is 6.21. The Balaban J connectivity index is -0.0000000562. The van der Waals surface area contributed by atoms with E-state index < -0.39 is 8.07 Å². The Bertz CT molecular complexity index is 196. The Morgan fingerprint density at radius 1 is 0.909 bits per heavy atom. The average molecular weight is 413 g/mol. The largest absolute Gasteiger partial charge is 4.00 e. The summed E-state index contributed by atoms with van der Waals surface area (Å²) in [5.74, 6) is 0. The first kappa shape index (κ1) is 38.0. The summed E-state index contributed by atoms with van der Waals surface area (Å²) < 4.78 is 0. The summed E-state index contributed by atoms with van der Waals surface area (Å²) in [7, 11) is -0.972. The van der Waals surface area contributed by atoms with Crippen molar-refractivity contribution in [2.24, 2.45) is 0 Å². The number of carbonyl (C=O) groups excluding carboxylic acids is 2. The third kappa shape index (κ3) is 15.2. The molecule has 0 amide bonds. The summed E-state index contributed by atoms with van der Waals surface area (Å²) >= 11 is 0. The van der Waals surface area contributed by atoms with Gasteiger partial charge in [-0.1, -0.05) is 79.8 Å². The van der Waals surface area contributed by atoms with Gasteiger partial charge in [-0.15, -0.1) is 0 Å². The van der Waals surface area contributed by atoms with E-state index in [0.717, 1.165) is 5.54 Å². The van der Waals surface area contributed by atoms with Gasteiger partial charge >= 0.3 is 21.1 Å². The van der Waals surface area contributed by atoms with Crippen molar-refractivity contribution >= 4 is 21.7 Å². The van der Waals surface area contributed by atoms with E-state index in [1.165, 1.54) is 32.1 Å². The van der Waals surface area contributed by atoms with Gasteiger partial charge in [0, 0.05) is 0 Å². The van der Waals surface area contributed by atoms with E-state index in [9.17, 15) is 0 Å². The molecule has 0 aromatic carbocycles. The molecule has 0 aromatic rings. The van der Waals surface area contributed by atoms with Crippen LogP contribution in [0.25, 0.3) is 0 Å². The van der Waals surface area contributed by atoms with Crippen LogP contribution in [0.3, 0.4) is 0 Å². The van der Waals surface area contributed by atoms with Crippen LogP contribution in [0, 0.1) is 14.9 Å². The van der Waals surface area contributed by atoms with Crippen LogP contribution in [0.4, 0.5) is 0 Å². The molecule has 134 valence electrons. The third-order valence-corrected chi connectivity index (χ3v) is 10.8. The maximum atomic E-state index is 7.75. The second-order valence-electron chi connectivity index (χ2n) is 6.66. The summed E-state index contributed by atoms with van der Waals surface area (Å²) in [6.07, 6.45) is 7.29. The molecule has 2 nitrogen and oxygen atoms in total. The average Bonchev–Trinajstić information content (AvgIpc) is 2.88. The van der Waals surface area contributed by atoms with E-state index in [1.807, 2.05) is 0 Å². The van der Waals surface area contributed by atoms with Crippen LogP contribution in [0.1, 0.15) is 66.7 Å². The van der Waals surface area contributed by atoms with Gasteiger partial charge in [0.05, 0.1) is 8.07 Å². The Labute approximate surface area is 157 Å². The van der Waals surface area contributed by atoms with Gasteiger partial charge in [0.15, 0.2) is 0 Å². The van der Waals surface area contributed by atoms with Crippen molar-refractivity contribution in [3.63, 3.8) is 0 Å². The summed E-state index contributed by atoms with van der Waals surface area (Å²) in [5.41, 5.74) is 1.11. The van der Waals surface area contributed by atoms with Crippen LogP contribution in [-0.4, -0.2) is 21.7 Å². The Morgan fingerprint density at radius 2 is 1.14 bits per heavy atom. The van der Waals surface area contributed by atoms with Crippen molar-refractivity contribution in [3.05, 3.63) is 14.9 Å². The molecule has 1 saturated carbocycles. The molecule has 1 rings (SSSR count). The summed E-state index contributed by atoms with van der Waals surface area (Å²) in [4.78, 5) is 15.5. The van der Waals surface area contributed by atoms with Gasteiger partial charge < -0.3 is 24.4 Å². The minimum Gasteiger partial charge on any atom is -0.545 e. The second-order valence-corrected chi connectivity index (χ2v) is 12.4. The van der Waals surface area contributed by atoms with E-state index >= 15 is 0 Å².